The summed E-state index contributed by atoms with van der Waals surface area (Å²) >= 11 is 0.684. The van der Waals surface area contributed by atoms with Gasteiger partial charge in [-0.1, -0.05) is 0 Å². The van der Waals surface area contributed by atoms with Crippen LogP contribution < -0.4 is 26.3 Å². The molecule has 0 spiro atoms. The van der Waals surface area contributed by atoms with E-state index < -0.39 is 41.7 Å². The average Bonchev–Trinajstić information content (AvgIpc) is 3.04. The van der Waals surface area contributed by atoms with E-state index in [0.29, 0.717) is 31.0 Å². The van der Waals surface area contributed by atoms with Crippen molar-refractivity contribution in [3.63, 3.8) is 0 Å². The SMILES string of the molecule is Cc1cc(F)c(COc2nsc(NC(=O)N(C)CCCN)c2OC(N)=O)c(F)c1F. The van der Waals surface area contributed by atoms with Gasteiger partial charge in [0.25, 0.3) is 5.88 Å². The molecule has 3 amide bonds. The van der Waals surface area contributed by atoms with Crippen LogP contribution in [0.15, 0.2) is 6.07 Å². The zero-order valence-electron chi connectivity index (χ0n) is 16.1. The summed E-state index contributed by atoms with van der Waals surface area (Å²) < 4.78 is 55.6. The first-order chi connectivity index (χ1) is 14.1. The van der Waals surface area contributed by atoms with Crippen molar-refractivity contribution in [2.75, 3.05) is 25.5 Å². The number of primary amides is 1. The fourth-order valence-electron chi connectivity index (χ4n) is 2.28. The Balaban J connectivity index is 2.22. The molecule has 0 saturated heterocycles. The average molecular weight is 447 g/mol. The Labute approximate surface area is 173 Å². The minimum absolute atomic E-state index is 0.0237. The number of carbonyl (C=O) groups is 2. The molecule has 0 bridgehead atoms. The Morgan fingerprint density at radius 1 is 1.30 bits per heavy atom. The van der Waals surface area contributed by atoms with Gasteiger partial charge in [-0.05, 0) is 43.1 Å². The molecule has 164 valence electrons. The Kier molecular flexibility index (Phi) is 7.83. The summed E-state index contributed by atoms with van der Waals surface area (Å²) in [6, 6.07) is 0.271. The number of carbonyl (C=O) groups excluding carboxylic acids is 2. The highest BCUT2D eigenvalue weighted by Gasteiger charge is 2.24. The van der Waals surface area contributed by atoms with Crippen LogP contribution in [0.4, 0.5) is 27.8 Å². The van der Waals surface area contributed by atoms with E-state index in [4.69, 9.17) is 20.9 Å². The molecule has 5 N–H and O–H groups in total. The lowest BCUT2D eigenvalue weighted by molar-refractivity contribution is 0.205. The van der Waals surface area contributed by atoms with Crippen LogP contribution >= 0.6 is 11.5 Å². The van der Waals surface area contributed by atoms with Crippen LogP contribution in [0.3, 0.4) is 0 Å². The summed E-state index contributed by atoms with van der Waals surface area (Å²) in [5.41, 5.74) is 9.54. The van der Waals surface area contributed by atoms with Gasteiger partial charge < -0.3 is 25.8 Å². The maximum Gasteiger partial charge on any atom is 0.410 e. The zero-order valence-corrected chi connectivity index (χ0v) is 16.9. The molecule has 0 unspecified atom stereocenters. The Morgan fingerprint density at radius 3 is 2.63 bits per heavy atom. The smallest absolute Gasteiger partial charge is 0.410 e. The van der Waals surface area contributed by atoms with Crippen LogP contribution in [0, 0.1) is 24.4 Å². The number of aryl methyl sites for hydroxylation is 1. The minimum atomic E-state index is -1.41. The zero-order chi connectivity index (χ0) is 22.4. The number of ether oxygens (including phenoxy) is 2. The van der Waals surface area contributed by atoms with E-state index in [2.05, 4.69) is 9.69 Å². The molecule has 0 radical (unpaired) electrons. The molecule has 13 heteroatoms. The lowest BCUT2D eigenvalue weighted by Crippen LogP contribution is -2.33. The van der Waals surface area contributed by atoms with Crippen LogP contribution in [0.1, 0.15) is 17.5 Å². The molecular weight excluding hydrogens is 427 g/mol. The molecule has 2 rings (SSSR count). The van der Waals surface area contributed by atoms with E-state index in [1.807, 2.05) is 0 Å². The van der Waals surface area contributed by atoms with Crippen LogP contribution in [0.2, 0.25) is 0 Å². The van der Waals surface area contributed by atoms with Crippen LogP contribution in [0.25, 0.3) is 0 Å². The fraction of sp³-hybridized carbons (Fsp3) is 0.353. The van der Waals surface area contributed by atoms with E-state index in [9.17, 15) is 22.8 Å². The molecule has 0 fully saturated rings. The van der Waals surface area contributed by atoms with Crippen molar-refractivity contribution in [1.29, 1.82) is 0 Å². The molecule has 30 heavy (non-hydrogen) atoms. The summed E-state index contributed by atoms with van der Waals surface area (Å²) in [6.07, 6.45) is -0.665. The number of nitrogens with zero attached hydrogens (tertiary/aromatic N) is 2. The third kappa shape index (κ3) is 5.51. The Hall–Kier alpha value is -3.06. The van der Waals surface area contributed by atoms with Gasteiger partial charge >= 0.3 is 12.1 Å². The van der Waals surface area contributed by atoms with E-state index in [1.165, 1.54) is 18.9 Å². The van der Waals surface area contributed by atoms with Gasteiger partial charge in [-0.15, -0.1) is 4.37 Å². The first-order valence-corrected chi connectivity index (χ1v) is 9.37. The summed E-state index contributed by atoms with van der Waals surface area (Å²) in [4.78, 5) is 24.7. The van der Waals surface area contributed by atoms with Gasteiger partial charge in [-0.25, -0.2) is 22.8 Å². The highest BCUT2D eigenvalue weighted by molar-refractivity contribution is 7.11. The van der Waals surface area contributed by atoms with E-state index in [1.54, 1.807) is 0 Å². The lowest BCUT2D eigenvalue weighted by atomic mass is 10.1. The second-order valence-electron chi connectivity index (χ2n) is 6.13. The van der Waals surface area contributed by atoms with Gasteiger partial charge in [0.2, 0.25) is 5.75 Å². The van der Waals surface area contributed by atoms with E-state index in [-0.39, 0.29) is 22.2 Å². The predicted molar refractivity (Wildman–Crippen MR) is 103 cm³/mol. The fourth-order valence-corrected chi connectivity index (χ4v) is 2.93. The van der Waals surface area contributed by atoms with Gasteiger partial charge in [0, 0.05) is 13.6 Å². The number of nitrogens with two attached hydrogens (primary N) is 2. The second-order valence-corrected chi connectivity index (χ2v) is 6.90. The second kappa shape index (κ2) is 10.1. The van der Waals surface area contributed by atoms with Gasteiger partial charge in [-0.3, -0.25) is 5.32 Å². The summed E-state index contributed by atoms with van der Waals surface area (Å²) in [7, 11) is 1.52. The number of aromatic nitrogens is 1. The van der Waals surface area contributed by atoms with Crippen LogP contribution in [-0.4, -0.2) is 41.5 Å². The third-order valence-electron chi connectivity index (χ3n) is 3.88. The third-order valence-corrected chi connectivity index (χ3v) is 4.60. The van der Waals surface area contributed by atoms with Crippen molar-refractivity contribution in [1.82, 2.24) is 9.27 Å². The highest BCUT2D eigenvalue weighted by atomic mass is 32.1. The Morgan fingerprint density at radius 2 is 2.00 bits per heavy atom. The summed E-state index contributed by atoms with van der Waals surface area (Å²) in [6.45, 7) is 1.22. The lowest BCUT2D eigenvalue weighted by Gasteiger charge is -2.17. The molecule has 9 nitrogen and oxygen atoms in total. The maximum atomic E-state index is 14.0. The van der Waals surface area contributed by atoms with E-state index >= 15 is 0 Å². The summed E-state index contributed by atoms with van der Waals surface area (Å²) in [5.74, 6) is -4.35. The van der Waals surface area contributed by atoms with Crippen LogP contribution in [-0.2, 0) is 6.61 Å². The minimum Gasteiger partial charge on any atom is -0.469 e. The molecule has 1 aromatic heterocycles. The maximum absolute atomic E-state index is 14.0. The standard InChI is InChI=1S/C17H20F3N5O4S/c1-8-6-10(18)9(12(20)11(8)19)7-28-14-13(29-16(22)26)15(30-24-14)23-17(27)25(2)5-3-4-21/h6H,3-5,7,21H2,1-2H3,(H2,22,26)(H,23,27). The number of anilines is 1. The molecule has 1 aromatic carbocycles. The van der Waals surface area contributed by atoms with Crippen molar-refractivity contribution < 1.29 is 32.2 Å². The molecule has 0 atom stereocenters. The number of halogens is 3. The summed E-state index contributed by atoms with van der Waals surface area (Å²) in [5, 5.41) is 2.44. The molecule has 0 saturated carbocycles. The van der Waals surface area contributed by atoms with Crippen molar-refractivity contribution in [3.8, 4) is 11.6 Å². The Bertz CT molecular complexity index is 941. The van der Waals surface area contributed by atoms with Gasteiger partial charge in [0.15, 0.2) is 16.6 Å². The molecule has 0 aliphatic heterocycles. The van der Waals surface area contributed by atoms with E-state index in [0.717, 1.165) is 6.07 Å². The van der Waals surface area contributed by atoms with Gasteiger partial charge in [0.05, 0.1) is 5.56 Å². The van der Waals surface area contributed by atoms with Crippen molar-refractivity contribution in [3.05, 3.63) is 34.6 Å². The number of nitrogens with one attached hydrogen (secondary N) is 1. The largest absolute Gasteiger partial charge is 0.469 e. The normalized spacial score (nSPS) is 10.6. The first kappa shape index (κ1) is 23.2. The molecule has 2 aromatic rings. The first-order valence-electron chi connectivity index (χ1n) is 8.60. The number of hydrogen-bond acceptors (Lipinski definition) is 7. The topological polar surface area (TPSA) is 133 Å². The monoisotopic (exact) mass is 447 g/mol. The molecule has 0 aliphatic carbocycles. The van der Waals surface area contributed by atoms with Crippen molar-refractivity contribution in [2.24, 2.45) is 11.5 Å². The molecule has 0 aliphatic rings. The quantitative estimate of drug-likeness (QED) is 0.533. The van der Waals surface area contributed by atoms with Gasteiger partial charge in [-0.2, -0.15) is 0 Å². The number of rotatable bonds is 8. The number of amides is 3. The van der Waals surface area contributed by atoms with Gasteiger partial charge in [0.1, 0.15) is 12.4 Å². The van der Waals surface area contributed by atoms with Crippen LogP contribution in [0.5, 0.6) is 11.6 Å². The van der Waals surface area contributed by atoms with Crippen molar-refractivity contribution >= 4 is 28.7 Å². The number of benzene rings is 1. The predicted octanol–water partition coefficient (Wildman–Crippen LogP) is 2.72. The number of urea groups is 1. The van der Waals surface area contributed by atoms with Crippen molar-refractivity contribution in [2.45, 2.75) is 20.0 Å². The molecule has 1 heterocycles. The number of hydrogen-bond donors (Lipinski definition) is 3. The molecular formula is C17H20F3N5O4S. The highest BCUT2D eigenvalue weighted by Crippen LogP contribution is 2.39.